The van der Waals surface area contributed by atoms with Gasteiger partial charge in [0.1, 0.15) is 0 Å². The third-order valence-corrected chi connectivity index (χ3v) is 2.83. The molecule has 0 aromatic carbocycles. The van der Waals surface area contributed by atoms with Gasteiger partial charge in [-0.1, -0.05) is 0 Å². The molecule has 0 bridgehead atoms. The SMILES string of the molecule is CCOC(=O)CCN(C)CC1CCCOC1. The Labute approximate surface area is 97.9 Å². The second-order valence-corrected chi connectivity index (χ2v) is 4.40. The van der Waals surface area contributed by atoms with Gasteiger partial charge in [0.25, 0.3) is 0 Å². The van der Waals surface area contributed by atoms with Crippen molar-refractivity contribution in [3.8, 4) is 0 Å². The summed E-state index contributed by atoms with van der Waals surface area (Å²) in [7, 11) is 2.05. The molecule has 1 fully saturated rings. The van der Waals surface area contributed by atoms with Crippen LogP contribution in [-0.4, -0.2) is 50.8 Å². The molecule has 0 aromatic heterocycles. The predicted octanol–water partition coefficient (Wildman–Crippen LogP) is 1.30. The van der Waals surface area contributed by atoms with E-state index in [9.17, 15) is 4.79 Å². The summed E-state index contributed by atoms with van der Waals surface area (Å²) in [5.41, 5.74) is 0. The first-order valence-corrected chi connectivity index (χ1v) is 6.14. The molecule has 1 heterocycles. The number of esters is 1. The lowest BCUT2D eigenvalue weighted by molar-refractivity contribution is -0.143. The molecular weight excluding hydrogens is 206 g/mol. The number of ether oxygens (including phenoxy) is 2. The Morgan fingerprint density at radius 1 is 1.56 bits per heavy atom. The lowest BCUT2D eigenvalue weighted by Gasteiger charge is -2.26. The van der Waals surface area contributed by atoms with Crippen molar-refractivity contribution in [2.45, 2.75) is 26.2 Å². The van der Waals surface area contributed by atoms with Gasteiger partial charge in [0.15, 0.2) is 0 Å². The van der Waals surface area contributed by atoms with Gasteiger partial charge < -0.3 is 14.4 Å². The zero-order valence-corrected chi connectivity index (χ0v) is 10.4. The fourth-order valence-corrected chi connectivity index (χ4v) is 2.00. The predicted molar refractivity (Wildman–Crippen MR) is 62.3 cm³/mol. The van der Waals surface area contributed by atoms with Crippen LogP contribution < -0.4 is 0 Å². The number of hydrogen-bond donors (Lipinski definition) is 0. The first-order valence-electron chi connectivity index (χ1n) is 6.14. The minimum atomic E-state index is -0.103. The third kappa shape index (κ3) is 5.47. The molecule has 0 radical (unpaired) electrons. The van der Waals surface area contributed by atoms with Gasteiger partial charge >= 0.3 is 5.97 Å². The molecule has 1 unspecified atom stereocenters. The molecule has 0 aromatic rings. The van der Waals surface area contributed by atoms with Gasteiger partial charge in [0, 0.05) is 19.7 Å². The molecule has 4 heteroatoms. The lowest BCUT2D eigenvalue weighted by Crippen LogP contribution is -2.32. The van der Waals surface area contributed by atoms with Crippen molar-refractivity contribution in [2.75, 3.05) is 40.0 Å². The summed E-state index contributed by atoms with van der Waals surface area (Å²) < 4.78 is 10.3. The Morgan fingerprint density at radius 3 is 3.00 bits per heavy atom. The van der Waals surface area contributed by atoms with Crippen molar-refractivity contribution in [3.05, 3.63) is 0 Å². The van der Waals surface area contributed by atoms with Gasteiger partial charge in [-0.25, -0.2) is 0 Å². The molecule has 16 heavy (non-hydrogen) atoms. The smallest absolute Gasteiger partial charge is 0.307 e. The fraction of sp³-hybridized carbons (Fsp3) is 0.917. The Kier molecular flexibility index (Phi) is 6.42. The summed E-state index contributed by atoms with van der Waals surface area (Å²) in [4.78, 5) is 13.4. The lowest BCUT2D eigenvalue weighted by atomic mass is 10.0. The van der Waals surface area contributed by atoms with Crippen LogP contribution >= 0.6 is 0 Å². The molecular formula is C12H23NO3. The highest BCUT2D eigenvalue weighted by Gasteiger charge is 2.16. The maximum atomic E-state index is 11.2. The van der Waals surface area contributed by atoms with E-state index >= 15 is 0 Å². The number of carbonyl (C=O) groups is 1. The van der Waals surface area contributed by atoms with Crippen molar-refractivity contribution in [1.82, 2.24) is 4.90 Å². The second kappa shape index (κ2) is 7.63. The van der Waals surface area contributed by atoms with Gasteiger partial charge in [-0.15, -0.1) is 0 Å². The number of carbonyl (C=O) groups excluding carboxylic acids is 1. The van der Waals surface area contributed by atoms with Crippen molar-refractivity contribution >= 4 is 5.97 Å². The zero-order valence-electron chi connectivity index (χ0n) is 10.4. The van der Waals surface area contributed by atoms with Crippen LogP contribution in [0.2, 0.25) is 0 Å². The van der Waals surface area contributed by atoms with Crippen molar-refractivity contribution in [1.29, 1.82) is 0 Å². The molecule has 0 spiro atoms. The monoisotopic (exact) mass is 229 g/mol. The van der Waals surface area contributed by atoms with E-state index in [4.69, 9.17) is 9.47 Å². The standard InChI is InChI=1S/C12H23NO3/c1-3-16-12(14)6-7-13(2)9-11-5-4-8-15-10-11/h11H,3-10H2,1-2H3. The topological polar surface area (TPSA) is 38.8 Å². The van der Waals surface area contributed by atoms with E-state index in [0.717, 1.165) is 32.7 Å². The van der Waals surface area contributed by atoms with E-state index in [0.29, 0.717) is 18.9 Å². The van der Waals surface area contributed by atoms with E-state index in [1.807, 2.05) is 14.0 Å². The van der Waals surface area contributed by atoms with Crippen molar-refractivity contribution < 1.29 is 14.3 Å². The molecule has 0 saturated carbocycles. The first kappa shape index (κ1) is 13.5. The van der Waals surface area contributed by atoms with Gasteiger partial charge in [-0.2, -0.15) is 0 Å². The maximum absolute atomic E-state index is 11.2. The minimum Gasteiger partial charge on any atom is -0.466 e. The molecule has 1 atom stereocenters. The molecule has 1 aliphatic rings. The molecule has 0 N–H and O–H groups in total. The third-order valence-electron chi connectivity index (χ3n) is 2.83. The number of rotatable bonds is 6. The van der Waals surface area contributed by atoms with Crippen LogP contribution in [0.3, 0.4) is 0 Å². The highest BCUT2D eigenvalue weighted by molar-refractivity contribution is 5.69. The van der Waals surface area contributed by atoms with Crippen LogP contribution in [0.1, 0.15) is 26.2 Å². The van der Waals surface area contributed by atoms with Crippen molar-refractivity contribution in [3.63, 3.8) is 0 Å². The average molecular weight is 229 g/mol. The van der Waals surface area contributed by atoms with Gasteiger partial charge in [-0.05, 0) is 32.7 Å². The van der Waals surface area contributed by atoms with Gasteiger partial charge in [0.05, 0.1) is 19.6 Å². The molecule has 0 aliphatic carbocycles. The minimum absolute atomic E-state index is 0.103. The van der Waals surface area contributed by atoms with Crippen LogP contribution in [0.5, 0.6) is 0 Å². The fourth-order valence-electron chi connectivity index (χ4n) is 2.00. The number of hydrogen-bond acceptors (Lipinski definition) is 4. The van der Waals surface area contributed by atoms with Gasteiger partial charge in [-0.3, -0.25) is 4.79 Å². The van der Waals surface area contributed by atoms with Crippen LogP contribution in [0.25, 0.3) is 0 Å². The highest BCUT2D eigenvalue weighted by atomic mass is 16.5. The average Bonchev–Trinajstić information content (AvgIpc) is 2.28. The summed E-state index contributed by atoms with van der Waals surface area (Å²) in [6.45, 7) is 5.86. The summed E-state index contributed by atoms with van der Waals surface area (Å²) in [6, 6.07) is 0. The Morgan fingerprint density at radius 2 is 2.38 bits per heavy atom. The molecule has 4 nitrogen and oxygen atoms in total. The summed E-state index contributed by atoms with van der Waals surface area (Å²) in [5.74, 6) is 0.523. The quantitative estimate of drug-likeness (QED) is 0.643. The van der Waals surface area contributed by atoms with Crippen LogP contribution in [0, 0.1) is 5.92 Å². The van der Waals surface area contributed by atoms with Crippen LogP contribution in [0.15, 0.2) is 0 Å². The summed E-state index contributed by atoms with van der Waals surface area (Å²) >= 11 is 0. The van der Waals surface area contributed by atoms with E-state index < -0.39 is 0 Å². The van der Waals surface area contributed by atoms with E-state index in [-0.39, 0.29) is 5.97 Å². The summed E-state index contributed by atoms with van der Waals surface area (Å²) in [6.07, 6.45) is 2.89. The second-order valence-electron chi connectivity index (χ2n) is 4.40. The van der Waals surface area contributed by atoms with E-state index in [1.54, 1.807) is 0 Å². The molecule has 1 aliphatic heterocycles. The molecule has 1 saturated heterocycles. The largest absolute Gasteiger partial charge is 0.466 e. The molecule has 94 valence electrons. The maximum Gasteiger partial charge on any atom is 0.307 e. The van der Waals surface area contributed by atoms with Crippen molar-refractivity contribution in [2.24, 2.45) is 5.92 Å². The van der Waals surface area contributed by atoms with Gasteiger partial charge in [0.2, 0.25) is 0 Å². The summed E-state index contributed by atoms with van der Waals surface area (Å²) in [5, 5.41) is 0. The van der Waals surface area contributed by atoms with E-state index in [2.05, 4.69) is 4.90 Å². The Balaban J connectivity index is 2.09. The van der Waals surface area contributed by atoms with Crippen LogP contribution in [-0.2, 0) is 14.3 Å². The highest BCUT2D eigenvalue weighted by Crippen LogP contribution is 2.14. The molecule has 0 amide bonds. The Bertz CT molecular complexity index is 202. The van der Waals surface area contributed by atoms with Crippen LogP contribution in [0.4, 0.5) is 0 Å². The first-order chi connectivity index (χ1) is 7.72. The van der Waals surface area contributed by atoms with E-state index in [1.165, 1.54) is 6.42 Å². The molecule has 1 rings (SSSR count). The zero-order chi connectivity index (χ0) is 11.8. The Hall–Kier alpha value is -0.610. The number of nitrogens with zero attached hydrogens (tertiary/aromatic N) is 1. The normalized spacial score (nSPS) is 21.1.